The number of nitrogens with one attached hydrogen (secondary N) is 1. The van der Waals surface area contributed by atoms with Gasteiger partial charge in [-0.3, -0.25) is 20.2 Å². The zero-order valence-electron chi connectivity index (χ0n) is 14.9. The molecule has 0 spiro atoms. The van der Waals surface area contributed by atoms with E-state index in [9.17, 15) is 33.8 Å². The van der Waals surface area contributed by atoms with E-state index in [1.54, 1.807) is 0 Å². The van der Waals surface area contributed by atoms with Gasteiger partial charge in [-0.2, -0.15) is 13.5 Å². The average molecular weight is 426 g/mol. The van der Waals surface area contributed by atoms with Crippen LogP contribution in [0.3, 0.4) is 0 Å². The molecule has 0 aliphatic heterocycles. The van der Waals surface area contributed by atoms with Crippen LogP contribution < -0.4 is 14.3 Å². The van der Waals surface area contributed by atoms with Gasteiger partial charge in [0.05, 0.1) is 46.8 Å². The van der Waals surface area contributed by atoms with E-state index < -0.39 is 42.6 Å². The van der Waals surface area contributed by atoms with Gasteiger partial charge in [-0.1, -0.05) is 0 Å². The predicted octanol–water partition coefficient (Wildman–Crippen LogP) is 1.54. The first-order chi connectivity index (χ1) is 13.6. The Morgan fingerprint density at radius 3 is 2.28 bits per heavy atom. The molecule has 29 heavy (non-hydrogen) atoms. The minimum absolute atomic E-state index is 0.145. The van der Waals surface area contributed by atoms with Crippen LogP contribution >= 0.6 is 0 Å². The Morgan fingerprint density at radius 2 is 1.72 bits per heavy atom. The number of nitrogens with zero attached hydrogens (tertiary/aromatic N) is 3. The van der Waals surface area contributed by atoms with Crippen molar-refractivity contribution in [3.8, 4) is 17.2 Å². The summed E-state index contributed by atoms with van der Waals surface area (Å²) in [4.78, 5) is 21.5. The highest BCUT2D eigenvalue weighted by Gasteiger charge is 2.23. The third-order valence-electron chi connectivity index (χ3n) is 3.55. The quantitative estimate of drug-likeness (QED) is 0.359. The van der Waals surface area contributed by atoms with Crippen molar-refractivity contribution < 1.29 is 32.8 Å². The number of hydrogen-bond donors (Lipinski definition) is 2. The van der Waals surface area contributed by atoms with Crippen LogP contribution in [-0.2, 0) is 10.0 Å². The second-order valence-electron chi connectivity index (χ2n) is 5.29. The number of rotatable bonds is 8. The summed E-state index contributed by atoms with van der Waals surface area (Å²) in [5, 5.41) is 35.1. The fourth-order valence-electron chi connectivity index (χ4n) is 2.17. The number of ether oxygens (including phenoxy) is 2. The molecule has 0 radical (unpaired) electrons. The number of benzene rings is 2. The Labute approximate surface area is 163 Å². The molecule has 0 heterocycles. The summed E-state index contributed by atoms with van der Waals surface area (Å²) in [6.45, 7) is 0. The fraction of sp³-hybridized carbons (Fsp3) is 0.133. The molecule has 2 rings (SSSR count). The van der Waals surface area contributed by atoms with Crippen molar-refractivity contribution >= 4 is 27.6 Å². The van der Waals surface area contributed by atoms with Crippen molar-refractivity contribution in [2.45, 2.75) is 4.90 Å². The van der Waals surface area contributed by atoms with E-state index in [1.165, 1.54) is 32.4 Å². The van der Waals surface area contributed by atoms with Gasteiger partial charge in [0.15, 0.2) is 11.5 Å². The first kappa shape index (κ1) is 21.4. The summed E-state index contributed by atoms with van der Waals surface area (Å²) in [7, 11) is -1.50. The van der Waals surface area contributed by atoms with Crippen molar-refractivity contribution in [1.29, 1.82) is 0 Å². The minimum Gasteiger partial charge on any atom is -0.502 e. The maximum absolute atomic E-state index is 12.3. The molecule has 0 saturated heterocycles. The van der Waals surface area contributed by atoms with E-state index in [2.05, 4.69) is 5.10 Å². The Kier molecular flexibility index (Phi) is 6.18. The molecule has 154 valence electrons. The zero-order chi connectivity index (χ0) is 21.8. The number of non-ortho nitro benzene ring substituents is 1. The van der Waals surface area contributed by atoms with Gasteiger partial charge in [-0.15, -0.1) is 0 Å². The van der Waals surface area contributed by atoms with Crippen LogP contribution in [0.2, 0.25) is 0 Å². The van der Waals surface area contributed by atoms with Crippen molar-refractivity contribution in [3.05, 3.63) is 56.1 Å². The Hall–Kier alpha value is -3.94. The highest BCUT2D eigenvalue weighted by atomic mass is 32.2. The average Bonchev–Trinajstić information content (AvgIpc) is 2.68. The maximum Gasteiger partial charge on any atom is 0.318 e. The van der Waals surface area contributed by atoms with Gasteiger partial charge in [0.2, 0.25) is 5.75 Å². The normalized spacial score (nSPS) is 11.2. The molecule has 2 N–H and O–H groups in total. The summed E-state index contributed by atoms with van der Waals surface area (Å²) in [6.07, 6.45) is 0.702. The Morgan fingerprint density at radius 1 is 1.07 bits per heavy atom. The van der Waals surface area contributed by atoms with E-state index in [-0.39, 0.29) is 10.6 Å². The summed E-state index contributed by atoms with van der Waals surface area (Å²) in [5.41, 5.74) is -2.04. The number of hydrogen-bond acceptors (Lipinski definition) is 10. The summed E-state index contributed by atoms with van der Waals surface area (Å²) < 4.78 is 34.7. The van der Waals surface area contributed by atoms with E-state index in [4.69, 9.17) is 9.47 Å². The molecule has 0 atom stereocenters. The summed E-state index contributed by atoms with van der Waals surface area (Å²) >= 11 is 0. The topological polar surface area (TPSA) is 184 Å². The fourth-order valence-corrected chi connectivity index (χ4v) is 2.98. The van der Waals surface area contributed by atoms with Crippen LogP contribution in [0, 0.1) is 20.2 Å². The molecule has 0 bridgehead atoms. The number of hydrazone groups is 1. The van der Waals surface area contributed by atoms with Crippen molar-refractivity contribution in [1.82, 2.24) is 4.83 Å². The number of sulfonamides is 1. The predicted molar refractivity (Wildman–Crippen MR) is 98.9 cm³/mol. The Balaban J connectivity index is 2.36. The number of nitro groups is 2. The minimum atomic E-state index is -4.19. The molecule has 0 aliphatic rings. The first-order valence-corrected chi connectivity index (χ1v) is 9.01. The third-order valence-corrected chi connectivity index (χ3v) is 4.77. The summed E-state index contributed by atoms with van der Waals surface area (Å²) in [5.74, 6) is -0.468. The largest absolute Gasteiger partial charge is 0.502 e. The van der Waals surface area contributed by atoms with E-state index in [0.29, 0.717) is 18.0 Å². The van der Waals surface area contributed by atoms with Gasteiger partial charge in [0.1, 0.15) is 0 Å². The maximum atomic E-state index is 12.3. The highest BCUT2D eigenvalue weighted by Crippen LogP contribution is 2.33. The molecule has 13 nitrogen and oxygen atoms in total. The van der Waals surface area contributed by atoms with Gasteiger partial charge in [0, 0.05) is 12.1 Å². The van der Waals surface area contributed by atoms with Crippen LogP contribution in [0.5, 0.6) is 17.2 Å². The lowest BCUT2D eigenvalue weighted by Crippen LogP contribution is -2.18. The lowest BCUT2D eigenvalue weighted by atomic mass is 10.1. The lowest BCUT2D eigenvalue weighted by Gasteiger charge is -2.09. The smallest absolute Gasteiger partial charge is 0.318 e. The van der Waals surface area contributed by atoms with Crippen LogP contribution in [0.4, 0.5) is 11.4 Å². The van der Waals surface area contributed by atoms with Crippen LogP contribution in [0.1, 0.15) is 5.56 Å². The van der Waals surface area contributed by atoms with E-state index in [1.807, 2.05) is 4.83 Å². The van der Waals surface area contributed by atoms with Crippen molar-refractivity contribution in [2.24, 2.45) is 5.10 Å². The molecular weight excluding hydrogens is 412 g/mol. The number of phenols is 1. The molecule has 2 aromatic carbocycles. The van der Waals surface area contributed by atoms with Gasteiger partial charge < -0.3 is 14.6 Å². The molecule has 0 saturated carbocycles. The van der Waals surface area contributed by atoms with Crippen molar-refractivity contribution in [3.63, 3.8) is 0 Å². The van der Waals surface area contributed by atoms with E-state index >= 15 is 0 Å². The van der Waals surface area contributed by atoms with Crippen LogP contribution in [-0.4, -0.2) is 43.8 Å². The number of phenolic OH excluding ortho intramolecular Hbond substituents is 1. The third kappa shape index (κ3) is 4.67. The summed E-state index contributed by atoms with van der Waals surface area (Å²) in [6, 6.07) is 5.12. The second-order valence-corrected chi connectivity index (χ2v) is 6.95. The highest BCUT2D eigenvalue weighted by molar-refractivity contribution is 7.89. The van der Waals surface area contributed by atoms with Gasteiger partial charge >= 0.3 is 5.69 Å². The SMILES string of the molecule is COc1ccc(S(=O)(=O)N/N=C/c2cc([N+](=O)[O-])cc([N+](=O)[O-])c2O)cc1OC. The molecule has 0 fully saturated rings. The van der Waals surface area contributed by atoms with Crippen LogP contribution in [0.15, 0.2) is 40.3 Å². The molecule has 0 aromatic heterocycles. The lowest BCUT2D eigenvalue weighted by molar-refractivity contribution is -0.394. The monoisotopic (exact) mass is 426 g/mol. The van der Waals surface area contributed by atoms with Gasteiger partial charge in [0.25, 0.3) is 15.7 Å². The zero-order valence-corrected chi connectivity index (χ0v) is 15.7. The van der Waals surface area contributed by atoms with Crippen LogP contribution in [0.25, 0.3) is 0 Å². The standard InChI is InChI=1S/C15H14N4O9S/c1-27-13-4-3-11(7-14(13)28-2)29(25,26)17-16-8-9-5-10(18(21)22)6-12(15(9)20)19(23)24/h3-8,17,20H,1-2H3/b16-8+. The molecule has 0 amide bonds. The number of methoxy groups -OCH3 is 2. The molecule has 14 heteroatoms. The van der Waals surface area contributed by atoms with E-state index in [0.717, 1.165) is 6.07 Å². The molecular formula is C15H14N4O9S. The number of nitro benzene ring substituents is 2. The second kappa shape index (κ2) is 8.39. The molecule has 2 aromatic rings. The Bertz CT molecular complexity index is 1100. The first-order valence-electron chi connectivity index (χ1n) is 7.53. The van der Waals surface area contributed by atoms with Gasteiger partial charge in [-0.25, -0.2) is 4.83 Å². The van der Waals surface area contributed by atoms with Gasteiger partial charge in [-0.05, 0) is 12.1 Å². The molecule has 0 unspecified atom stereocenters. The molecule has 0 aliphatic carbocycles. The van der Waals surface area contributed by atoms with Crippen molar-refractivity contribution in [2.75, 3.05) is 14.2 Å². The number of aromatic hydroxyl groups is 1.